The molecule has 0 aliphatic carbocycles. The first-order valence-corrected chi connectivity index (χ1v) is 10.4. The van der Waals surface area contributed by atoms with Crippen LogP contribution in [0, 0.1) is 0 Å². The molecule has 27 heavy (non-hydrogen) atoms. The Labute approximate surface area is 159 Å². The standard InChI is InChI=1S/C18H25NO7S/c1-12(2)26-15-6-5-13(9-16(15)24-4)18(21)25-10-17(20)19(3)14-7-8-27(22,23)11-14/h5-6,9,12,14H,7-8,10-11H2,1-4H3. The lowest BCUT2D eigenvalue weighted by Crippen LogP contribution is -2.40. The number of methoxy groups -OCH3 is 1. The Balaban J connectivity index is 1.96. The van der Waals surface area contributed by atoms with Crippen molar-refractivity contribution in [3.8, 4) is 11.5 Å². The summed E-state index contributed by atoms with van der Waals surface area (Å²) < 4.78 is 38.9. The van der Waals surface area contributed by atoms with E-state index in [1.807, 2.05) is 13.8 Å². The van der Waals surface area contributed by atoms with Crippen LogP contribution in [-0.4, -0.2) is 69.6 Å². The van der Waals surface area contributed by atoms with Crippen molar-refractivity contribution in [3.05, 3.63) is 23.8 Å². The predicted octanol–water partition coefficient (Wildman–Crippen LogP) is 1.28. The van der Waals surface area contributed by atoms with Gasteiger partial charge in [0.15, 0.2) is 27.9 Å². The van der Waals surface area contributed by atoms with E-state index < -0.39 is 28.3 Å². The molecule has 1 aromatic carbocycles. The van der Waals surface area contributed by atoms with Crippen molar-refractivity contribution in [3.63, 3.8) is 0 Å². The van der Waals surface area contributed by atoms with Crippen LogP contribution in [0.25, 0.3) is 0 Å². The van der Waals surface area contributed by atoms with Crippen LogP contribution in [-0.2, 0) is 19.4 Å². The van der Waals surface area contributed by atoms with Crippen LogP contribution in [0.2, 0.25) is 0 Å². The van der Waals surface area contributed by atoms with Crippen molar-refractivity contribution in [2.24, 2.45) is 0 Å². The van der Waals surface area contributed by atoms with Gasteiger partial charge in [0.25, 0.3) is 5.91 Å². The van der Waals surface area contributed by atoms with E-state index in [1.54, 1.807) is 6.07 Å². The van der Waals surface area contributed by atoms with Gasteiger partial charge < -0.3 is 19.1 Å². The number of hydrogen-bond donors (Lipinski definition) is 0. The van der Waals surface area contributed by atoms with Crippen LogP contribution in [0.1, 0.15) is 30.6 Å². The lowest BCUT2D eigenvalue weighted by atomic mass is 10.2. The Kier molecular flexibility index (Phi) is 6.69. The number of ether oxygens (including phenoxy) is 3. The molecular formula is C18H25NO7S. The highest BCUT2D eigenvalue weighted by atomic mass is 32.2. The van der Waals surface area contributed by atoms with Gasteiger partial charge in [-0.05, 0) is 38.5 Å². The van der Waals surface area contributed by atoms with Crippen LogP contribution >= 0.6 is 0 Å². The lowest BCUT2D eigenvalue weighted by molar-refractivity contribution is -0.134. The number of esters is 1. The van der Waals surface area contributed by atoms with E-state index in [2.05, 4.69) is 0 Å². The zero-order chi connectivity index (χ0) is 20.2. The van der Waals surface area contributed by atoms with Crippen molar-refractivity contribution in [2.45, 2.75) is 32.4 Å². The monoisotopic (exact) mass is 399 g/mol. The Bertz CT molecular complexity index is 804. The predicted molar refractivity (Wildman–Crippen MR) is 98.9 cm³/mol. The number of carbonyl (C=O) groups is 2. The molecule has 2 rings (SSSR count). The van der Waals surface area contributed by atoms with Crippen LogP contribution in [0.4, 0.5) is 0 Å². The number of rotatable bonds is 7. The van der Waals surface area contributed by atoms with Crippen molar-refractivity contribution in [1.29, 1.82) is 0 Å². The molecule has 0 radical (unpaired) electrons. The summed E-state index contributed by atoms with van der Waals surface area (Å²) in [5.41, 5.74) is 0.224. The molecule has 1 amide bonds. The van der Waals surface area contributed by atoms with Gasteiger partial charge in [-0.25, -0.2) is 13.2 Å². The summed E-state index contributed by atoms with van der Waals surface area (Å²) in [5, 5.41) is 0. The second kappa shape index (κ2) is 8.60. The van der Waals surface area contributed by atoms with Crippen molar-refractivity contribution in [1.82, 2.24) is 4.90 Å². The topological polar surface area (TPSA) is 99.2 Å². The molecule has 1 heterocycles. The first kappa shape index (κ1) is 21.0. The van der Waals surface area contributed by atoms with E-state index >= 15 is 0 Å². The molecule has 8 nitrogen and oxygen atoms in total. The highest BCUT2D eigenvalue weighted by molar-refractivity contribution is 7.91. The zero-order valence-electron chi connectivity index (χ0n) is 15.9. The van der Waals surface area contributed by atoms with Crippen LogP contribution in [0.15, 0.2) is 18.2 Å². The minimum atomic E-state index is -3.10. The average molecular weight is 399 g/mol. The van der Waals surface area contributed by atoms with E-state index in [0.717, 1.165) is 0 Å². The van der Waals surface area contributed by atoms with Gasteiger partial charge in [-0.3, -0.25) is 4.79 Å². The number of benzene rings is 1. The van der Waals surface area contributed by atoms with Gasteiger partial charge in [0.2, 0.25) is 0 Å². The van der Waals surface area contributed by atoms with Crippen LogP contribution in [0.5, 0.6) is 11.5 Å². The number of sulfone groups is 1. The Morgan fingerprint density at radius 2 is 1.96 bits per heavy atom. The van der Waals surface area contributed by atoms with Gasteiger partial charge in [0, 0.05) is 13.1 Å². The molecule has 0 bridgehead atoms. The normalized spacial score (nSPS) is 18.2. The summed E-state index contributed by atoms with van der Waals surface area (Å²) in [4.78, 5) is 25.7. The largest absolute Gasteiger partial charge is 0.493 e. The molecule has 1 fully saturated rings. The third-order valence-corrected chi connectivity index (χ3v) is 5.99. The summed E-state index contributed by atoms with van der Waals surface area (Å²) in [7, 11) is -0.116. The Morgan fingerprint density at radius 3 is 2.52 bits per heavy atom. The van der Waals surface area contributed by atoms with E-state index in [0.29, 0.717) is 17.9 Å². The fraction of sp³-hybridized carbons (Fsp3) is 0.556. The number of nitrogens with zero attached hydrogens (tertiary/aromatic N) is 1. The minimum absolute atomic E-state index is 0.0516. The summed E-state index contributed by atoms with van der Waals surface area (Å²) >= 11 is 0. The van der Waals surface area contributed by atoms with Gasteiger partial charge in [0.05, 0.1) is 30.3 Å². The van der Waals surface area contributed by atoms with E-state index in [1.165, 1.54) is 31.2 Å². The molecule has 0 N–H and O–H groups in total. The molecule has 150 valence electrons. The Morgan fingerprint density at radius 1 is 1.26 bits per heavy atom. The Hall–Kier alpha value is -2.29. The maximum atomic E-state index is 12.2. The summed E-state index contributed by atoms with van der Waals surface area (Å²) in [6, 6.07) is 4.24. The van der Waals surface area contributed by atoms with Crippen LogP contribution in [0.3, 0.4) is 0 Å². The maximum Gasteiger partial charge on any atom is 0.338 e. The quantitative estimate of drug-likeness (QED) is 0.637. The van der Waals surface area contributed by atoms with Gasteiger partial charge >= 0.3 is 5.97 Å². The van der Waals surface area contributed by atoms with Crippen molar-refractivity contribution in [2.75, 3.05) is 32.3 Å². The van der Waals surface area contributed by atoms with Crippen molar-refractivity contribution >= 4 is 21.7 Å². The second-order valence-electron chi connectivity index (χ2n) is 6.67. The van der Waals surface area contributed by atoms with Gasteiger partial charge in [-0.15, -0.1) is 0 Å². The smallest absolute Gasteiger partial charge is 0.338 e. The molecule has 1 unspecified atom stereocenters. The van der Waals surface area contributed by atoms with E-state index in [4.69, 9.17) is 14.2 Å². The van der Waals surface area contributed by atoms with Gasteiger partial charge in [-0.1, -0.05) is 0 Å². The van der Waals surface area contributed by atoms with E-state index in [-0.39, 0.29) is 29.2 Å². The minimum Gasteiger partial charge on any atom is -0.493 e. The maximum absolute atomic E-state index is 12.2. The second-order valence-corrected chi connectivity index (χ2v) is 8.90. The zero-order valence-corrected chi connectivity index (χ0v) is 16.7. The SMILES string of the molecule is COc1cc(C(=O)OCC(=O)N(C)C2CCS(=O)(=O)C2)ccc1OC(C)C. The highest BCUT2D eigenvalue weighted by Gasteiger charge is 2.33. The number of likely N-dealkylation sites (N-methyl/N-ethyl adjacent to an activating group) is 1. The molecule has 1 aliphatic heterocycles. The molecular weight excluding hydrogens is 374 g/mol. The first-order valence-electron chi connectivity index (χ1n) is 8.61. The third-order valence-electron chi connectivity index (χ3n) is 4.24. The third kappa shape index (κ3) is 5.59. The molecule has 1 aromatic rings. The van der Waals surface area contributed by atoms with Crippen LogP contribution < -0.4 is 9.47 Å². The molecule has 9 heteroatoms. The molecule has 0 saturated carbocycles. The molecule has 0 spiro atoms. The molecule has 1 aliphatic rings. The summed E-state index contributed by atoms with van der Waals surface area (Å²) in [5.74, 6) is -0.223. The molecule has 0 aromatic heterocycles. The van der Waals surface area contributed by atoms with Gasteiger partial charge in [-0.2, -0.15) is 0 Å². The summed E-state index contributed by atoms with van der Waals surface area (Å²) in [6.07, 6.45) is 0.344. The number of carbonyl (C=O) groups excluding carboxylic acids is 2. The van der Waals surface area contributed by atoms with Gasteiger partial charge in [0.1, 0.15) is 0 Å². The molecule has 1 atom stereocenters. The van der Waals surface area contributed by atoms with Crippen molar-refractivity contribution < 1.29 is 32.2 Å². The highest BCUT2D eigenvalue weighted by Crippen LogP contribution is 2.29. The number of hydrogen-bond acceptors (Lipinski definition) is 7. The number of amides is 1. The van der Waals surface area contributed by atoms with E-state index in [9.17, 15) is 18.0 Å². The molecule has 1 saturated heterocycles. The lowest BCUT2D eigenvalue weighted by Gasteiger charge is -2.23. The fourth-order valence-corrected chi connectivity index (χ4v) is 4.52. The fourth-order valence-electron chi connectivity index (χ4n) is 2.74. The first-order chi connectivity index (χ1) is 12.6. The average Bonchev–Trinajstić information content (AvgIpc) is 2.98. The summed E-state index contributed by atoms with van der Waals surface area (Å²) in [6.45, 7) is 3.29.